The first-order valence-electron chi connectivity index (χ1n) is 11.1. The number of aromatic nitrogens is 2. The smallest absolute Gasteiger partial charge is 0.228 e. The number of nitrogens with two attached hydrogens (primary N) is 1. The molecule has 0 radical (unpaired) electrons. The summed E-state index contributed by atoms with van der Waals surface area (Å²) < 4.78 is 5.91. The fourth-order valence-corrected chi connectivity index (χ4v) is 3.16. The number of anilines is 3. The van der Waals surface area contributed by atoms with Gasteiger partial charge >= 0.3 is 0 Å². The molecule has 3 rings (SSSR count). The molecule has 1 saturated carbocycles. The number of nitrogens with zero attached hydrogens (tertiary/aromatic N) is 4. The molecule has 0 unspecified atom stereocenters. The molecule has 2 heterocycles. The van der Waals surface area contributed by atoms with Gasteiger partial charge in [-0.3, -0.25) is 9.79 Å². The van der Waals surface area contributed by atoms with Crippen LogP contribution in [0.5, 0.6) is 11.5 Å². The van der Waals surface area contributed by atoms with Gasteiger partial charge in [0.15, 0.2) is 10.9 Å². The Hall–Kier alpha value is -3.86. The second-order valence-electron chi connectivity index (χ2n) is 8.96. The van der Waals surface area contributed by atoms with Crippen LogP contribution in [0.4, 0.5) is 17.3 Å². The lowest BCUT2D eigenvalue weighted by Crippen LogP contribution is -2.18. The number of allylic oxidation sites excluding steroid dienone is 1. The van der Waals surface area contributed by atoms with Gasteiger partial charge in [0.25, 0.3) is 0 Å². The molecule has 0 atom stereocenters. The van der Waals surface area contributed by atoms with Gasteiger partial charge < -0.3 is 26.4 Å². The molecule has 1 fully saturated rings. The van der Waals surface area contributed by atoms with Crippen LogP contribution in [0.25, 0.3) is 0 Å². The van der Waals surface area contributed by atoms with Crippen molar-refractivity contribution in [1.29, 1.82) is 0 Å². The maximum Gasteiger partial charge on any atom is 0.228 e. The highest BCUT2D eigenvalue weighted by Gasteiger charge is 2.29. The molecule has 2 aromatic heterocycles. The van der Waals surface area contributed by atoms with E-state index >= 15 is 0 Å². The van der Waals surface area contributed by atoms with Gasteiger partial charge in [0.05, 0.1) is 11.9 Å². The highest BCUT2D eigenvalue weighted by atomic mass is 32.1. The van der Waals surface area contributed by atoms with Gasteiger partial charge in [-0.1, -0.05) is 20.8 Å². The average Bonchev–Trinajstić information content (AvgIpc) is 3.63. The Morgan fingerprint density at radius 3 is 2.63 bits per heavy atom. The lowest BCUT2D eigenvalue weighted by atomic mass is 9.92. The highest BCUT2D eigenvalue weighted by molar-refractivity contribution is 7.80. The predicted octanol–water partition coefficient (Wildman–Crippen LogP) is 4.34. The number of nitrogens with one attached hydrogen (secondary N) is 3. The molecule has 1 aliphatic carbocycles. The first-order valence-corrected chi connectivity index (χ1v) is 11.5. The fourth-order valence-electron chi connectivity index (χ4n) is 2.96. The van der Waals surface area contributed by atoms with E-state index in [1.165, 1.54) is 0 Å². The Kier molecular flexibility index (Phi) is 8.13. The summed E-state index contributed by atoms with van der Waals surface area (Å²) in [6.07, 6.45) is 6.59. The molecule has 2 aromatic rings. The van der Waals surface area contributed by atoms with Crippen molar-refractivity contribution in [1.82, 2.24) is 9.97 Å². The SMILES string of the molecule is C=N/C(=C\C(N)=N/C(=S)Nc1ncc(Oc2ccnc(NC(=O)C3CC3)c2)cc1NC)C(C)(C)C. The molecule has 0 aliphatic heterocycles. The topological polar surface area (TPSA) is 139 Å². The Bertz CT molecular complexity index is 1180. The maximum absolute atomic E-state index is 12.0. The van der Waals surface area contributed by atoms with Gasteiger partial charge in [-0.15, -0.1) is 0 Å². The van der Waals surface area contributed by atoms with Crippen molar-refractivity contribution in [2.24, 2.45) is 27.1 Å². The number of hydrogen-bond acceptors (Lipinski definition) is 7. The minimum absolute atomic E-state index is 0.0191. The van der Waals surface area contributed by atoms with Crippen LogP contribution in [0.3, 0.4) is 0 Å². The average molecular weight is 495 g/mol. The number of carbonyl (C=O) groups is 1. The quantitative estimate of drug-likeness (QED) is 0.241. The summed E-state index contributed by atoms with van der Waals surface area (Å²) >= 11 is 5.32. The second-order valence-corrected chi connectivity index (χ2v) is 9.35. The van der Waals surface area contributed by atoms with Crippen LogP contribution < -0.4 is 26.4 Å². The summed E-state index contributed by atoms with van der Waals surface area (Å²) in [7, 11) is 1.75. The van der Waals surface area contributed by atoms with Gasteiger partial charge in [-0.05, 0) is 37.8 Å². The summed E-state index contributed by atoms with van der Waals surface area (Å²) in [5.74, 6) is 2.16. The summed E-state index contributed by atoms with van der Waals surface area (Å²) in [6.45, 7) is 9.59. The van der Waals surface area contributed by atoms with Gasteiger partial charge in [0.1, 0.15) is 23.2 Å². The molecule has 10 nitrogen and oxygen atoms in total. The molecule has 11 heteroatoms. The Labute approximate surface area is 210 Å². The van der Waals surface area contributed by atoms with Gasteiger partial charge in [-0.25, -0.2) is 15.0 Å². The number of ether oxygens (including phenoxy) is 1. The Morgan fingerprint density at radius 2 is 2.00 bits per heavy atom. The third kappa shape index (κ3) is 7.57. The molecular weight excluding hydrogens is 464 g/mol. The standard InChI is InChI=1S/C24H30N8O2S/c1-24(2,3)18(27-5)12-19(25)30-23(35)32-21-17(26-4)10-16(13-29-21)34-15-8-9-28-20(11-15)31-22(33)14-6-7-14/h8-14,26H,5-7H2,1-4H3,(H,28,31,33)(H3,25,29,30,32,35)/b18-12-. The van der Waals surface area contributed by atoms with E-state index in [-0.39, 0.29) is 28.2 Å². The van der Waals surface area contributed by atoms with Crippen molar-refractivity contribution >= 4 is 53.1 Å². The minimum atomic E-state index is -0.230. The summed E-state index contributed by atoms with van der Waals surface area (Å²) in [5, 5.41) is 8.95. The van der Waals surface area contributed by atoms with Crippen molar-refractivity contribution in [3.63, 3.8) is 0 Å². The molecule has 184 valence electrons. The molecule has 5 N–H and O–H groups in total. The number of hydrogen-bond donors (Lipinski definition) is 4. The molecule has 1 aliphatic rings. The van der Waals surface area contributed by atoms with Crippen LogP contribution in [-0.2, 0) is 4.79 Å². The molecule has 0 saturated heterocycles. The minimum Gasteiger partial charge on any atom is -0.455 e. The summed E-state index contributed by atoms with van der Waals surface area (Å²) in [5.41, 5.74) is 7.12. The van der Waals surface area contributed by atoms with Crippen molar-refractivity contribution in [3.8, 4) is 11.5 Å². The molecule has 0 spiro atoms. The van der Waals surface area contributed by atoms with E-state index in [4.69, 9.17) is 22.7 Å². The lowest BCUT2D eigenvalue weighted by molar-refractivity contribution is -0.117. The Balaban J connectivity index is 1.69. The number of thiocarbonyl (C=S) groups is 1. The first-order chi connectivity index (χ1) is 16.6. The van der Waals surface area contributed by atoms with Crippen molar-refractivity contribution in [2.75, 3.05) is 23.0 Å². The van der Waals surface area contributed by atoms with E-state index < -0.39 is 0 Å². The molecule has 35 heavy (non-hydrogen) atoms. The molecule has 0 aromatic carbocycles. The number of carbonyl (C=O) groups excluding carboxylic acids is 1. The normalized spacial score (nSPS) is 14.2. The zero-order chi connectivity index (χ0) is 25.6. The fraction of sp³-hybridized carbons (Fsp3) is 0.333. The lowest BCUT2D eigenvalue weighted by Gasteiger charge is -2.18. The second kappa shape index (κ2) is 11.0. The third-order valence-corrected chi connectivity index (χ3v) is 5.17. The zero-order valence-corrected chi connectivity index (χ0v) is 21.1. The summed E-state index contributed by atoms with van der Waals surface area (Å²) in [4.78, 5) is 28.8. The van der Waals surface area contributed by atoms with Crippen LogP contribution >= 0.6 is 12.2 Å². The van der Waals surface area contributed by atoms with Gasteiger partial charge in [0.2, 0.25) is 5.91 Å². The number of rotatable bonds is 8. The monoisotopic (exact) mass is 494 g/mol. The Morgan fingerprint density at radius 1 is 1.26 bits per heavy atom. The predicted molar refractivity (Wildman–Crippen MR) is 144 cm³/mol. The number of amidine groups is 1. The van der Waals surface area contributed by atoms with Crippen LogP contribution in [-0.4, -0.2) is 40.6 Å². The first kappa shape index (κ1) is 25.8. The zero-order valence-electron chi connectivity index (χ0n) is 20.3. The van der Waals surface area contributed by atoms with Crippen molar-refractivity contribution in [2.45, 2.75) is 33.6 Å². The molecule has 0 bridgehead atoms. The van der Waals surface area contributed by atoms with Crippen LogP contribution in [0.15, 0.2) is 52.4 Å². The molecular formula is C24H30N8O2S. The highest BCUT2D eigenvalue weighted by Crippen LogP contribution is 2.31. The van der Waals surface area contributed by atoms with Crippen molar-refractivity contribution in [3.05, 3.63) is 42.4 Å². The van der Waals surface area contributed by atoms with Gasteiger partial charge in [0, 0.05) is 48.5 Å². The van der Waals surface area contributed by atoms with E-state index in [2.05, 4.69) is 42.6 Å². The third-order valence-electron chi connectivity index (χ3n) is 4.98. The molecule has 1 amide bonds. The van der Waals surface area contributed by atoms with Crippen LogP contribution in [0, 0.1) is 11.3 Å². The van der Waals surface area contributed by atoms with Gasteiger partial charge in [-0.2, -0.15) is 0 Å². The maximum atomic E-state index is 12.0. The van der Waals surface area contributed by atoms with Crippen molar-refractivity contribution < 1.29 is 9.53 Å². The summed E-state index contributed by atoms with van der Waals surface area (Å²) in [6, 6.07) is 5.12. The number of aliphatic imine (C=N–C) groups is 2. The van der Waals surface area contributed by atoms with E-state index in [1.54, 1.807) is 43.7 Å². The number of amides is 1. The number of pyridine rings is 2. The van der Waals surface area contributed by atoms with E-state index in [9.17, 15) is 4.79 Å². The van der Waals surface area contributed by atoms with E-state index in [0.717, 1.165) is 12.8 Å². The van der Waals surface area contributed by atoms with E-state index in [0.29, 0.717) is 34.5 Å². The largest absolute Gasteiger partial charge is 0.455 e. The van der Waals surface area contributed by atoms with Crippen LogP contribution in [0.2, 0.25) is 0 Å². The van der Waals surface area contributed by atoms with E-state index in [1.807, 2.05) is 20.8 Å². The van der Waals surface area contributed by atoms with Crippen LogP contribution in [0.1, 0.15) is 33.6 Å².